The number of hydrogen-bond acceptors (Lipinski definition) is 6. The van der Waals surface area contributed by atoms with Gasteiger partial charge in [0.1, 0.15) is 5.84 Å². The Morgan fingerprint density at radius 3 is 2.59 bits per heavy atom. The second-order valence-electron chi connectivity index (χ2n) is 3.56. The summed E-state index contributed by atoms with van der Waals surface area (Å²) in [6.45, 7) is 0. The zero-order valence-electron chi connectivity index (χ0n) is 13.1. The predicted octanol–water partition coefficient (Wildman–Crippen LogP) is -4.84. The smallest absolute Gasteiger partial charge is 1.00 e. The van der Waals surface area contributed by atoms with Gasteiger partial charge in [-0.3, -0.25) is 0 Å². The van der Waals surface area contributed by atoms with E-state index in [1.165, 1.54) is 23.1 Å². The molecule has 1 rings (SSSR count). The van der Waals surface area contributed by atoms with Crippen LogP contribution in [0.5, 0.6) is 0 Å². The third-order valence-electron chi connectivity index (χ3n) is 1.76. The minimum atomic E-state index is -3.92. The van der Waals surface area contributed by atoms with E-state index in [4.69, 9.17) is 22.3 Å². The Labute approximate surface area is 200 Å². The van der Waals surface area contributed by atoms with E-state index in [2.05, 4.69) is 14.4 Å². The number of thioether (sulfide) groups is 1. The maximum atomic E-state index is 10.6. The van der Waals surface area contributed by atoms with E-state index in [0.717, 1.165) is 5.69 Å². The average Bonchev–Trinajstić information content (AvgIpc) is 2.68. The van der Waals surface area contributed by atoms with Gasteiger partial charge < -0.3 is 18.6 Å². The Balaban J connectivity index is -0.00000133. The first-order chi connectivity index (χ1) is 9.26. The molecule has 0 amide bonds. The van der Waals surface area contributed by atoms with E-state index in [1.807, 2.05) is 5.38 Å². The summed E-state index contributed by atoms with van der Waals surface area (Å²) in [5.41, 5.74) is 16.7. The van der Waals surface area contributed by atoms with Crippen LogP contribution >= 0.6 is 23.1 Å². The zero-order chi connectivity index (χ0) is 15.2. The Bertz CT molecular complexity index is 621. The van der Waals surface area contributed by atoms with Crippen molar-refractivity contribution in [1.29, 1.82) is 0 Å². The second kappa shape index (κ2) is 12.5. The zero-order valence-corrected chi connectivity index (χ0v) is 23.2. The number of hydrogen-bond donors (Lipinski definition) is 4. The van der Waals surface area contributed by atoms with Crippen LogP contribution in [0, 0.1) is 0 Å². The molecule has 1 heterocycles. The maximum Gasteiger partial charge on any atom is 1.00 e. The van der Waals surface area contributed by atoms with Crippen LogP contribution < -0.4 is 73.7 Å². The molecule has 0 radical (unpaired) electrons. The Morgan fingerprint density at radius 1 is 1.41 bits per heavy atom. The first-order valence-corrected chi connectivity index (χ1v) is 8.79. The molecule has 14 heteroatoms. The van der Waals surface area contributed by atoms with E-state index >= 15 is 0 Å². The van der Waals surface area contributed by atoms with Crippen LogP contribution in [0.15, 0.2) is 14.8 Å². The van der Waals surface area contributed by atoms with Crippen LogP contribution in [0.1, 0.15) is 13.5 Å². The minimum absolute atomic E-state index is 0. The fraction of sp³-hybridized carbons (Fsp3) is 0.375. The molecule has 0 atom stereocenters. The van der Waals surface area contributed by atoms with Crippen LogP contribution in [-0.4, -0.2) is 57.2 Å². The van der Waals surface area contributed by atoms with E-state index in [9.17, 15) is 8.42 Å². The van der Waals surface area contributed by atoms with Gasteiger partial charge in [-0.05, 0) is 0 Å². The van der Waals surface area contributed by atoms with Gasteiger partial charge in [0, 0.05) is 23.3 Å². The number of rotatable bonds is 7. The van der Waals surface area contributed by atoms with Gasteiger partial charge in [0.15, 0.2) is 5.96 Å². The van der Waals surface area contributed by atoms with Crippen molar-refractivity contribution in [2.75, 3.05) is 5.75 Å². The van der Waals surface area contributed by atoms with Crippen LogP contribution in [0.3, 0.4) is 0 Å². The predicted molar refractivity (Wildman–Crippen MR) is 94.1 cm³/mol. The van der Waals surface area contributed by atoms with Gasteiger partial charge in [-0.2, -0.15) is 25.2 Å². The number of guanidine groups is 1. The molecular formula is C8H19BiKN7O2S3. The molecule has 22 heavy (non-hydrogen) atoms. The SMILES string of the molecule is NC(N)=Nc1nc(CSCCC(N)=NS(N)(=O)=O)cs1.[BiH3].[H-].[K+]. The number of nitrogens with two attached hydrogens (primary N) is 4. The normalized spacial score (nSPS) is 11.2. The monoisotopic (exact) mass is 589 g/mol. The van der Waals surface area contributed by atoms with Crippen molar-refractivity contribution in [3.8, 4) is 0 Å². The van der Waals surface area contributed by atoms with Gasteiger partial charge in [0.05, 0.1) is 5.69 Å². The van der Waals surface area contributed by atoms with Crippen LogP contribution in [0.25, 0.3) is 0 Å². The topological polar surface area (TPSA) is 176 Å². The summed E-state index contributed by atoms with van der Waals surface area (Å²) in [6, 6.07) is 0. The van der Waals surface area contributed by atoms with Crippen molar-refractivity contribution < 1.29 is 61.2 Å². The van der Waals surface area contributed by atoms with Crippen molar-refractivity contribution in [2.45, 2.75) is 12.2 Å². The Morgan fingerprint density at radius 2 is 2.05 bits per heavy atom. The molecule has 122 valence electrons. The molecule has 0 bridgehead atoms. The maximum absolute atomic E-state index is 10.6. The summed E-state index contributed by atoms with van der Waals surface area (Å²) >= 11 is 2.86. The van der Waals surface area contributed by atoms with Crippen LogP contribution in [0.4, 0.5) is 5.13 Å². The first-order valence-electron chi connectivity index (χ1n) is 5.25. The summed E-state index contributed by atoms with van der Waals surface area (Å²) in [6.07, 6.45) is 0.325. The molecule has 0 aliphatic carbocycles. The number of thiazole rings is 1. The van der Waals surface area contributed by atoms with E-state index in [0.29, 0.717) is 23.1 Å². The molecule has 1 aromatic rings. The minimum Gasteiger partial charge on any atom is -1.00 e. The third-order valence-corrected chi connectivity index (χ3v) is 4.03. The molecule has 9 nitrogen and oxygen atoms in total. The molecule has 0 saturated heterocycles. The standard InChI is InChI=1S/C8H15N7O2S3.Bi.K.4H/c9-6(15-20(12,16)17)1-2-18-3-5-4-19-8(13-5)14-7(10)11;;;;;;/h4H,1-3H2,(H2,9,15)(H2,12,16,17)(H4,10,11,13,14);;;;;;/q;;+1;;;;-1. The van der Waals surface area contributed by atoms with Crippen molar-refractivity contribution in [3.05, 3.63) is 11.1 Å². The van der Waals surface area contributed by atoms with Gasteiger partial charge in [-0.1, -0.05) is 0 Å². The summed E-state index contributed by atoms with van der Waals surface area (Å²) < 4.78 is 24.5. The van der Waals surface area contributed by atoms with Crippen molar-refractivity contribution in [3.63, 3.8) is 0 Å². The van der Waals surface area contributed by atoms with Gasteiger partial charge in [-0.15, -0.1) is 15.7 Å². The van der Waals surface area contributed by atoms with Crippen molar-refractivity contribution in [1.82, 2.24) is 4.98 Å². The summed E-state index contributed by atoms with van der Waals surface area (Å²) in [5.74, 6) is 1.18. The van der Waals surface area contributed by atoms with E-state index < -0.39 is 10.2 Å². The molecule has 0 unspecified atom stereocenters. The second-order valence-corrected chi connectivity index (χ2v) is 6.71. The molecule has 0 aliphatic rings. The number of aromatic nitrogens is 1. The van der Waals surface area contributed by atoms with Gasteiger partial charge in [0.2, 0.25) is 5.13 Å². The van der Waals surface area contributed by atoms with Gasteiger partial charge in [0.25, 0.3) is 0 Å². The molecule has 0 aliphatic heterocycles. The molecule has 0 fully saturated rings. The summed E-state index contributed by atoms with van der Waals surface area (Å²) in [7, 11) is -3.92. The molecule has 1 aromatic heterocycles. The molecule has 8 N–H and O–H groups in total. The van der Waals surface area contributed by atoms with Crippen LogP contribution in [-0.2, 0) is 16.0 Å². The van der Waals surface area contributed by atoms with E-state index in [1.54, 1.807) is 0 Å². The quantitative estimate of drug-likeness (QED) is 0.107. The fourth-order valence-electron chi connectivity index (χ4n) is 1.09. The van der Waals surface area contributed by atoms with Crippen molar-refractivity contribution >= 4 is 76.4 Å². The summed E-state index contributed by atoms with van der Waals surface area (Å²) in [4.78, 5) is 8.03. The molecule has 0 spiro atoms. The van der Waals surface area contributed by atoms with Gasteiger partial charge >= 0.3 is 87.8 Å². The molecule has 0 saturated carbocycles. The van der Waals surface area contributed by atoms with Crippen LogP contribution in [0.2, 0.25) is 0 Å². The Kier molecular flexibility index (Phi) is 14.4. The molecular weight excluding hydrogens is 570 g/mol. The fourth-order valence-corrected chi connectivity index (χ4v) is 3.17. The molecule has 0 aromatic carbocycles. The average molecular weight is 590 g/mol. The number of nitrogens with zero attached hydrogens (tertiary/aromatic N) is 3. The summed E-state index contributed by atoms with van der Waals surface area (Å²) in [5, 5.41) is 7.07. The number of amidine groups is 1. The van der Waals surface area contributed by atoms with Gasteiger partial charge in [-0.25, -0.2) is 10.1 Å². The first kappa shape index (κ1) is 25.4. The largest absolute Gasteiger partial charge is 1.00 e. The third kappa shape index (κ3) is 12.6. The van der Waals surface area contributed by atoms with Crippen molar-refractivity contribution in [2.24, 2.45) is 31.7 Å². The van der Waals surface area contributed by atoms with E-state index in [-0.39, 0.29) is 90.8 Å². The Hall–Kier alpha value is 1.15. The number of aliphatic imine (C=N–C) groups is 1.